The van der Waals surface area contributed by atoms with Crippen molar-refractivity contribution in [1.82, 2.24) is 9.80 Å². The normalized spacial score (nSPS) is 17.6. The van der Waals surface area contributed by atoms with Gasteiger partial charge in [-0.3, -0.25) is 14.4 Å². The lowest BCUT2D eigenvalue weighted by Crippen LogP contribution is -2.39. The number of hydrogen-bond donors (Lipinski definition) is 2. The number of benzene rings is 2. The molecule has 1 heterocycles. The number of aliphatic hydroxyl groups excluding tert-OH is 1. The Kier molecular flexibility index (Phi) is 8.88. The van der Waals surface area contributed by atoms with E-state index in [1.807, 2.05) is 37.4 Å². The first kappa shape index (κ1) is 25.1. The number of amides is 1. The predicted molar refractivity (Wildman–Crippen MR) is 125 cm³/mol. The van der Waals surface area contributed by atoms with Crippen molar-refractivity contribution in [2.24, 2.45) is 0 Å². The minimum absolute atomic E-state index is 0. The van der Waals surface area contributed by atoms with Gasteiger partial charge in [0.05, 0.1) is 24.8 Å². The van der Waals surface area contributed by atoms with Crippen molar-refractivity contribution in [1.29, 1.82) is 0 Å². The molecule has 2 aromatic carbocycles. The minimum Gasteiger partial charge on any atom is -0.392 e. The van der Waals surface area contributed by atoms with Gasteiger partial charge in [-0.2, -0.15) is 0 Å². The second kappa shape index (κ2) is 10.9. The zero-order chi connectivity index (χ0) is 21.7. The number of β-amino-alcohol motifs (C(OH)–C–C–N with tert-alkyl or cyclic N) is 1. The number of carbonyl (C=O) groups excluding carboxylic acids is 1. The second-order valence-corrected chi connectivity index (χ2v) is 9.63. The van der Waals surface area contributed by atoms with Gasteiger partial charge in [0, 0.05) is 32.4 Å². The molecule has 2 unspecified atom stereocenters. The molecule has 2 atom stereocenters. The topological polar surface area (TPSA) is 90.0 Å². The smallest absolute Gasteiger partial charge is 0.229 e. The van der Waals surface area contributed by atoms with Crippen LogP contribution in [0.3, 0.4) is 0 Å². The third-order valence-corrected chi connectivity index (χ3v) is 5.94. The Hall–Kier alpha value is -2.13. The molecular formula is C22H30ClN3O4S. The van der Waals surface area contributed by atoms with Gasteiger partial charge >= 0.3 is 0 Å². The summed E-state index contributed by atoms with van der Waals surface area (Å²) in [5.74, 6) is -0.0209. The first-order valence-electron chi connectivity index (χ1n) is 9.99. The molecule has 170 valence electrons. The highest BCUT2D eigenvalue weighted by molar-refractivity contribution is 7.92. The summed E-state index contributed by atoms with van der Waals surface area (Å²) < 4.78 is 25.1. The number of sulfonamides is 1. The standard InChI is InChI=1S/C22H29N3O4S.ClH/c1-24(22(27)14-17-8-10-19(11-9-17)23-30(2,28)29)21(18-6-4-3-5-7-18)16-25-13-12-20(26)15-25;/h3-11,20-21,23,26H,12-16H2,1-2H3;1H. The van der Waals surface area contributed by atoms with Crippen LogP contribution in [0.25, 0.3) is 0 Å². The second-order valence-electron chi connectivity index (χ2n) is 7.88. The summed E-state index contributed by atoms with van der Waals surface area (Å²) in [6.07, 6.45) is 1.78. The third-order valence-electron chi connectivity index (χ3n) is 5.34. The molecule has 1 aliphatic rings. The fourth-order valence-electron chi connectivity index (χ4n) is 3.73. The van der Waals surface area contributed by atoms with E-state index in [2.05, 4.69) is 9.62 Å². The number of likely N-dealkylation sites (tertiary alicyclic amines) is 1. The van der Waals surface area contributed by atoms with Gasteiger partial charge in [0.2, 0.25) is 15.9 Å². The van der Waals surface area contributed by atoms with E-state index in [4.69, 9.17) is 0 Å². The summed E-state index contributed by atoms with van der Waals surface area (Å²) in [6, 6.07) is 16.6. The van der Waals surface area contributed by atoms with Crippen LogP contribution in [0.2, 0.25) is 0 Å². The summed E-state index contributed by atoms with van der Waals surface area (Å²) in [5.41, 5.74) is 2.34. The number of rotatable bonds is 8. The van der Waals surface area contributed by atoms with Crippen LogP contribution in [0.5, 0.6) is 0 Å². The van der Waals surface area contributed by atoms with E-state index < -0.39 is 10.0 Å². The molecular weight excluding hydrogens is 438 g/mol. The van der Waals surface area contributed by atoms with E-state index in [1.165, 1.54) is 0 Å². The van der Waals surface area contributed by atoms with Crippen LogP contribution in [0.15, 0.2) is 54.6 Å². The summed E-state index contributed by atoms with van der Waals surface area (Å²) in [4.78, 5) is 17.0. The maximum atomic E-state index is 13.0. The molecule has 1 aliphatic heterocycles. The molecule has 3 rings (SSSR count). The van der Waals surface area contributed by atoms with Crippen LogP contribution >= 0.6 is 12.4 Å². The lowest BCUT2D eigenvalue weighted by molar-refractivity contribution is -0.131. The molecule has 9 heteroatoms. The van der Waals surface area contributed by atoms with Crippen molar-refractivity contribution in [2.45, 2.75) is 25.0 Å². The van der Waals surface area contributed by atoms with E-state index in [-0.39, 0.29) is 36.9 Å². The molecule has 31 heavy (non-hydrogen) atoms. The first-order valence-corrected chi connectivity index (χ1v) is 11.9. The number of anilines is 1. The summed E-state index contributed by atoms with van der Waals surface area (Å²) in [7, 11) is -1.52. The molecule has 0 aliphatic carbocycles. The average Bonchev–Trinajstić information content (AvgIpc) is 3.11. The summed E-state index contributed by atoms with van der Waals surface area (Å²) >= 11 is 0. The van der Waals surface area contributed by atoms with Crippen LogP contribution in [-0.2, 0) is 21.2 Å². The molecule has 0 saturated carbocycles. The van der Waals surface area contributed by atoms with Gasteiger partial charge in [-0.15, -0.1) is 12.4 Å². The van der Waals surface area contributed by atoms with E-state index in [9.17, 15) is 18.3 Å². The van der Waals surface area contributed by atoms with Gasteiger partial charge in [0.15, 0.2) is 0 Å². The van der Waals surface area contributed by atoms with Crippen molar-refractivity contribution < 1.29 is 18.3 Å². The zero-order valence-corrected chi connectivity index (χ0v) is 19.4. The highest BCUT2D eigenvalue weighted by atomic mass is 35.5. The van der Waals surface area contributed by atoms with Gasteiger partial charge in [0.1, 0.15) is 0 Å². The average molecular weight is 468 g/mol. The fraction of sp³-hybridized carbons (Fsp3) is 0.409. The number of likely N-dealkylation sites (N-methyl/N-ethyl adjacent to an activating group) is 1. The zero-order valence-electron chi connectivity index (χ0n) is 17.8. The lowest BCUT2D eigenvalue weighted by Gasteiger charge is -2.32. The van der Waals surface area contributed by atoms with Crippen molar-refractivity contribution >= 4 is 34.0 Å². The lowest BCUT2D eigenvalue weighted by atomic mass is 10.0. The Morgan fingerprint density at radius 1 is 1.19 bits per heavy atom. The van der Waals surface area contributed by atoms with Gasteiger partial charge in [-0.1, -0.05) is 42.5 Å². The van der Waals surface area contributed by atoms with E-state index in [0.29, 0.717) is 18.8 Å². The van der Waals surface area contributed by atoms with Gasteiger partial charge in [-0.25, -0.2) is 8.42 Å². The molecule has 2 aromatic rings. The van der Waals surface area contributed by atoms with Gasteiger partial charge in [0.25, 0.3) is 0 Å². The van der Waals surface area contributed by atoms with Crippen LogP contribution in [0, 0.1) is 0 Å². The largest absolute Gasteiger partial charge is 0.392 e. The monoisotopic (exact) mass is 467 g/mol. The SMILES string of the molecule is CN(C(=O)Cc1ccc(NS(C)(=O)=O)cc1)C(CN1CCC(O)C1)c1ccccc1.Cl. The number of nitrogens with zero attached hydrogens (tertiary/aromatic N) is 2. The maximum Gasteiger partial charge on any atom is 0.229 e. The number of aliphatic hydroxyl groups is 1. The van der Waals surface area contributed by atoms with Crippen molar-refractivity contribution in [3.8, 4) is 0 Å². The highest BCUT2D eigenvalue weighted by Gasteiger charge is 2.28. The number of nitrogens with one attached hydrogen (secondary N) is 1. The molecule has 7 nitrogen and oxygen atoms in total. The van der Waals surface area contributed by atoms with Gasteiger partial charge < -0.3 is 10.0 Å². The Morgan fingerprint density at radius 3 is 2.39 bits per heavy atom. The Morgan fingerprint density at radius 2 is 1.84 bits per heavy atom. The van der Waals surface area contributed by atoms with Gasteiger partial charge in [-0.05, 0) is 29.7 Å². The van der Waals surface area contributed by atoms with Crippen LogP contribution in [0.4, 0.5) is 5.69 Å². The first-order chi connectivity index (χ1) is 14.2. The summed E-state index contributed by atoms with van der Waals surface area (Å²) in [6.45, 7) is 2.11. The van der Waals surface area contributed by atoms with Crippen molar-refractivity contribution in [3.05, 3.63) is 65.7 Å². The van der Waals surface area contributed by atoms with Crippen LogP contribution in [-0.4, -0.2) is 68.3 Å². The van der Waals surface area contributed by atoms with Crippen LogP contribution < -0.4 is 4.72 Å². The molecule has 0 radical (unpaired) electrons. The Labute approximate surface area is 190 Å². The quantitative estimate of drug-likeness (QED) is 0.621. The molecule has 2 N–H and O–H groups in total. The van der Waals surface area contributed by atoms with E-state index in [0.717, 1.165) is 30.3 Å². The molecule has 0 aromatic heterocycles. The maximum absolute atomic E-state index is 13.0. The number of carbonyl (C=O) groups is 1. The fourth-order valence-corrected chi connectivity index (χ4v) is 4.29. The molecule has 0 bridgehead atoms. The highest BCUT2D eigenvalue weighted by Crippen LogP contribution is 2.24. The van der Waals surface area contributed by atoms with Crippen molar-refractivity contribution in [2.75, 3.05) is 37.7 Å². The van der Waals surface area contributed by atoms with Crippen LogP contribution in [0.1, 0.15) is 23.6 Å². The minimum atomic E-state index is -3.33. The Bertz CT molecular complexity index is 954. The predicted octanol–water partition coefficient (Wildman–Crippen LogP) is 2.29. The van der Waals surface area contributed by atoms with Crippen molar-refractivity contribution in [3.63, 3.8) is 0 Å². The molecule has 0 spiro atoms. The van der Waals surface area contributed by atoms with E-state index in [1.54, 1.807) is 29.2 Å². The number of hydrogen-bond acceptors (Lipinski definition) is 5. The summed E-state index contributed by atoms with van der Waals surface area (Å²) in [5, 5.41) is 9.85. The Balaban J connectivity index is 0.00000341. The van der Waals surface area contributed by atoms with E-state index >= 15 is 0 Å². The molecule has 1 amide bonds. The number of halogens is 1. The molecule has 1 saturated heterocycles. The third kappa shape index (κ3) is 7.50. The molecule has 1 fully saturated rings.